The van der Waals surface area contributed by atoms with Crippen LogP contribution >= 0.6 is 11.3 Å². The molecule has 5 nitrogen and oxygen atoms in total. The lowest BCUT2D eigenvalue weighted by Gasteiger charge is -2.16. The first-order chi connectivity index (χ1) is 8.79. The number of nitriles is 1. The number of nitrogens with zero attached hydrogens (tertiary/aromatic N) is 3. The van der Waals surface area contributed by atoms with E-state index in [0.29, 0.717) is 17.8 Å². The normalized spacial score (nSPS) is 10.9. The molecule has 0 aliphatic rings. The van der Waals surface area contributed by atoms with Crippen molar-refractivity contribution in [3.63, 3.8) is 0 Å². The molecule has 0 bridgehead atoms. The van der Waals surface area contributed by atoms with Crippen LogP contribution in [0.25, 0.3) is 0 Å². The molecule has 0 spiro atoms. The Morgan fingerprint density at radius 1 is 1.58 bits per heavy atom. The van der Waals surface area contributed by atoms with E-state index in [-0.39, 0.29) is 17.5 Å². The zero-order chi connectivity index (χ0) is 14.6. The van der Waals surface area contributed by atoms with Gasteiger partial charge in [0.2, 0.25) is 11.0 Å². The molecule has 0 unspecified atom stereocenters. The van der Waals surface area contributed by atoms with Crippen LogP contribution in [-0.4, -0.2) is 17.9 Å². The van der Waals surface area contributed by atoms with Gasteiger partial charge in [-0.05, 0) is 6.42 Å². The zero-order valence-electron chi connectivity index (χ0n) is 10.2. The monoisotopic (exact) mass is 292 g/mol. The number of anilines is 1. The smallest absolute Gasteiger partial charge is 0.273 e. The van der Waals surface area contributed by atoms with Crippen molar-refractivity contribution in [3.8, 4) is 6.07 Å². The summed E-state index contributed by atoms with van der Waals surface area (Å²) in [5, 5.41) is 9.65. The Bertz CT molecular complexity index is 506. The maximum Gasteiger partial charge on any atom is 0.435 e. The average molecular weight is 292 g/mol. The van der Waals surface area contributed by atoms with Gasteiger partial charge in [-0.2, -0.15) is 18.4 Å². The summed E-state index contributed by atoms with van der Waals surface area (Å²) in [6.45, 7) is 1.80. The SMILES string of the molecule is CCCC(=O)NN(C)c1nc(C(F)(F)F)c(C#N)s1. The van der Waals surface area contributed by atoms with Gasteiger partial charge < -0.3 is 0 Å². The van der Waals surface area contributed by atoms with Crippen LogP contribution in [0, 0.1) is 11.3 Å². The molecule has 0 aromatic carbocycles. The number of carbonyl (C=O) groups is 1. The fourth-order valence-electron chi connectivity index (χ4n) is 1.24. The number of alkyl halides is 3. The van der Waals surface area contributed by atoms with E-state index >= 15 is 0 Å². The molecule has 1 aromatic rings. The highest BCUT2D eigenvalue weighted by Crippen LogP contribution is 2.36. The van der Waals surface area contributed by atoms with E-state index in [1.807, 2.05) is 0 Å². The lowest BCUT2D eigenvalue weighted by molar-refractivity contribution is -0.140. The summed E-state index contributed by atoms with van der Waals surface area (Å²) in [7, 11) is 1.37. The van der Waals surface area contributed by atoms with Crippen molar-refractivity contribution in [3.05, 3.63) is 10.6 Å². The first-order valence-electron chi connectivity index (χ1n) is 5.31. The van der Waals surface area contributed by atoms with Crippen LogP contribution < -0.4 is 10.4 Å². The summed E-state index contributed by atoms with van der Waals surface area (Å²) in [5.74, 6) is -0.327. The fraction of sp³-hybridized carbons (Fsp3) is 0.500. The molecule has 1 rings (SSSR count). The Hall–Kier alpha value is -1.82. The molecule has 104 valence electrons. The third-order valence-corrected chi connectivity index (χ3v) is 3.08. The second-order valence-corrected chi connectivity index (χ2v) is 4.61. The molecule has 0 radical (unpaired) electrons. The van der Waals surface area contributed by atoms with E-state index in [0.717, 1.165) is 5.01 Å². The molecule has 0 saturated heterocycles. The van der Waals surface area contributed by atoms with Gasteiger partial charge >= 0.3 is 6.18 Å². The van der Waals surface area contributed by atoms with E-state index in [2.05, 4.69) is 10.4 Å². The molecular weight excluding hydrogens is 281 g/mol. The van der Waals surface area contributed by atoms with Crippen LogP contribution in [0.3, 0.4) is 0 Å². The summed E-state index contributed by atoms with van der Waals surface area (Å²) < 4.78 is 37.7. The Labute approximate surface area is 111 Å². The average Bonchev–Trinajstić information content (AvgIpc) is 2.72. The number of aromatic nitrogens is 1. The molecule has 0 atom stereocenters. The third-order valence-electron chi connectivity index (χ3n) is 2.04. The van der Waals surface area contributed by atoms with E-state index in [4.69, 9.17) is 5.26 Å². The number of halogens is 3. The molecule has 1 aromatic heterocycles. The van der Waals surface area contributed by atoms with Crippen molar-refractivity contribution in [2.45, 2.75) is 25.9 Å². The highest BCUT2D eigenvalue weighted by Gasteiger charge is 2.38. The topological polar surface area (TPSA) is 69.0 Å². The van der Waals surface area contributed by atoms with Gasteiger partial charge in [0.15, 0.2) is 5.69 Å². The van der Waals surface area contributed by atoms with Crippen molar-refractivity contribution in [2.75, 3.05) is 12.1 Å². The van der Waals surface area contributed by atoms with Crippen LogP contribution in [-0.2, 0) is 11.0 Å². The number of amides is 1. The second-order valence-electron chi connectivity index (χ2n) is 3.63. The molecule has 0 fully saturated rings. The Kier molecular flexibility index (Phi) is 4.72. The number of carbonyl (C=O) groups excluding carboxylic acids is 1. The molecule has 1 heterocycles. The van der Waals surface area contributed by atoms with Crippen LogP contribution in [0.4, 0.5) is 18.3 Å². The number of nitrogens with one attached hydrogen (secondary N) is 1. The number of thiazole rings is 1. The van der Waals surface area contributed by atoms with E-state index in [1.165, 1.54) is 13.1 Å². The first kappa shape index (κ1) is 15.2. The molecule has 1 N–H and O–H groups in total. The van der Waals surface area contributed by atoms with E-state index in [1.54, 1.807) is 6.92 Å². The Morgan fingerprint density at radius 2 is 2.21 bits per heavy atom. The van der Waals surface area contributed by atoms with Crippen LogP contribution in [0.2, 0.25) is 0 Å². The number of rotatable bonds is 4. The largest absolute Gasteiger partial charge is 0.435 e. The summed E-state index contributed by atoms with van der Waals surface area (Å²) in [6.07, 6.45) is -3.81. The molecule has 1 amide bonds. The molecule has 0 saturated carbocycles. The highest BCUT2D eigenvalue weighted by atomic mass is 32.1. The Balaban J connectivity index is 2.94. The van der Waals surface area contributed by atoms with Gasteiger partial charge in [0, 0.05) is 13.5 Å². The van der Waals surface area contributed by atoms with Crippen molar-refractivity contribution in [1.29, 1.82) is 5.26 Å². The van der Waals surface area contributed by atoms with Gasteiger partial charge in [0.1, 0.15) is 10.9 Å². The van der Waals surface area contributed by atoms with Gasteiger partial charge in [-0.25, -0.2) is 4.98 Å². The standard InChI is InChI=1S/C10H11F3N4OS/c1-3-4-7(18)16-17(2)9-15-8(10(11,12)13)6(5-14)19-9/h3-4H2,1-2H3,(H,16,18). The molecule has 9 heteroatoms. The predicted octanol–water partition coefficient (Wildman–Crippen LogP) is 2.30. The van der Waals surface area contributed by atoms with Gasteiger partial charge in [0.25, 0.3) is 0 Å². The first-order valence-corrected chi connectivity index (χ1v) is 6.12. The van der Waals surface area contributed by atoms with Crippen molar-refractivity contribution in [1.82, 2.24) is 10.4 Å². The molecule has 19 heavy (non-hydrogen) atoms. The zero-order valence-corrected chi connectivity index (χ0v) is 11.0. The van der Waals surface area contributed by atoms with Crippen molar-refractivity contribution < 1.29 is 18.0 Å². The van der Waals surface area contributed by atoms with Crippen LogP contribution in [0.5, 0.6) is 0 Å². The summed E-state index contributed by atoms with van der Waals surface area (Å²) in [5.41, 5.74) is 1.15. The highest BCUT2D eigenvalue weighted by molar-refractivity contribution is 7.16. The third kappa shape index (κ3) is 3.82. The Morgan fingerprint density at radius 3 is 2.63 bits per heavy atom. The van der Waals surface area contributed by atoms with Crippen LogP contribution in [0.15, 0.2) is 0 Å². The number of hydrogen-bond donors (Lipinski definition) is 1. The fourth-order valence-corrected chi connectivity index (χ4v) is 2.04. The van der Waals surface area contributed by atoms with Gasteiger partial charge in [0.05, 0.1) is 0 Å². The van der Waals surface area contributed by atoms with E-state index in [9.17, 15) is 18.0 Å². The molecule has 0 aliphatic carbocycles. The lowest BCUT2D eigenvalue weighted by atomic mass is 10.3. The van der Waals surface area contributed by atoms with Crippen molar-refractivity contribution in [2.24, 2.45) is 0 Å². The predicted molar refractivity (Wildman–Crippen MR) is 63.3 cm³/mol. The van der Waals surface area contributed by atoms with Gasteiger partial charge in [-0.1, -0.05) is 18.3 Å². The minimum Gasteiger partial charge on any atom is -0.273 e. The second kappa shape index (κ2) is 5.88. The van der Waals surface area contributed by atoms with Crippen LogP contribution in [0.1, 0.15) is 30.3 Å². The van der Waals surface area contributed by atoms with Crippen molar-refractivity contribution >= 4 is 22.4 Å². The van der Waals surface area contributed by atoms with E-state index < -0.39 is 16.7 Å². The summed E-state index contributed by atoms with van der Waals surface area (Å²) in [4.78, 5) is 14.1. The summed E-state index contributed by atoms with van der Waals surface area (Å²) in [6, 6.07) is 1.45. The maximum atomic E-state index is 12.6. The maximum absolute atomic E-state index is 12.6. The molecule has 0 aliphatic heterocycles. The lowest BCUT2D eigenvalue weighted by Crippen LogP contribution is -2.39. The summed E-state index contributed by atoms with van der Waals surface area (Å²) >= 11 is 0.574. The minimum atomic E-state index is -4.69. The number of hydrogen-bond acceptors (Lipinski definition) is 5. The van der Waals surface area contributed by atoms with Gasteiger partial charge in [-0.3, -0.25) is 15.2 Å². The molecular formula is C10H11F3N4OS. The van der Waals surface area contributed by atoms with Gasteiger partial charge in [-0.15, -0.1) is 0 Å². The minimum absolute atomic E-state index is 0.0895. The quantitative estimate of drug-likeness (QED) is 0.865. The number of hydrazine groups is 1.